The molecule has 0 amide bonds. The smallest absolute Gasteiger partial charge is 0.273 e. The number of aromatic nitrogens is 4. The monoisotopic (exact) mass is 392 g/mol. The second kappa shape index (κ2) is 7.70. The summed E-state index contributed by atoms with van der Waals surface area (Å²) in [6, 6.07) is 5.01. The van der Waals surface area contributed by atoms with Crippen molar-refractivity contribution in [2.24, 2.45) is 0 Å². The zero-order valence-corrected chi connectivity index (χ0v) is 16.2. The van der Waals surface area contributed by atoms with Crippen molar-refractivity contribution in [1.29, 1.82) is 0 Å². The van der Waals surface area contributed by atoms with Crippen LogP contribution in [0.1, 0.15) is 25.1 Å². The molecule has 0 saturated carbocycles. The molecule has 1 aromatic carbocycles. The van der Waals surface area contributed by atoms with Crippen LogP contribution in [0.25, 0.3) is 22.4 Å². The summed E-state index contributed by atoms with van der Waals surface area (Å²) >= 11 is 12.4. The molecule has 0 aliphatic heterocycles. The summed E-state index contributed by atoms with van der Waals surface area (Å²) in [5.41, 5.74) is 2.39. The molecule has 26 heavy (non-hydrogen) atoms. The maximum atomic E-state index is 12.8. The average molecular weight is 393 g/mol. The minimum Gasteiger partial charge on any atom is -0.383 e. The van der Waals surface area contributed by atoms with E-state index < -0.39 is 0 Å². The Labute approximate surface area is 160 Å². The van der Waals surface area contributed by atoms with Gasteiger partial charge in [-0.15, -0.1) is 0 Å². The van der Waals surface area contributed by atoms with Gasteiger partial charge in [0.1, 0.15) is 23.2 Å². The normalized spacial score (nSPS) is 12.5. The molecule has 0 N–H and O–H groups in total. The van der Waals surface area contributed by atoms with Crippen LogP contribution in [0.15, 0.2) is 29.3 Å². The average Bonchev–Trinajstić information content (AvgIpc) is 2.61. The SMILES string of the molecule is CC[C@H](COC)n1c(=O)c(C)nc2c(-c3ccc(Cl)cc3Cl)ncnc21. The van der Waals surface area contributed by atoms with Crippen LogP contribution in [0.4, 0.5) is 0 Å². The topological polar surface area (TPSA) is 69.9 Å². The summed E-state index contributed by atoms with van der Waals surface area (Å²) in [6.45, 7) is 4.07. The van der Waals surface area contributed by atoms with Gasteiger partial charge in [-0.1, -0.05) is 30.1 Å². The number of methoxy groups -OCH3 is 1. The number of benzene rings is 1. The first-order valence-corrected chi connectivity index (χ1v) is 8.91. The van der Waals surface area contributed by atoms with Crippen molar-refractivity contribution in [3.63, 3.8) is 0 Å². The lowest BCUT2D eigenvalue weighted by Crippen LogP contribution is -2.30. The molecule has 0 fully saturated rings. The fourth-order valence-corrected chi connectivity index (χ4v) is 3.42. The summed E-state index contributed by atoms with van der Waals surface area (Å²) in [4.78, 5) is 25.9. The van der Waals surface area contributed by atoms with E-state index in [1.54, 1.807) is 36.8 Å². The molecule has 1 atom stereocenters. The lowest BCUT2D eigenvalue weighted by molar-refractivity contribution is 0.153. The number of ether oxygens (including phenoxy) is 1. The van der Waals surface area contributed by atoms with Crippen LogP contribution in [-0.4, -0.2) is 33.2 Å². The molecule has 0 unspecified atom stereocenters. The van der Waals surface area contributed by atoms with Gasteiger partial charge in [0.05, 0.1) is 17.7 Å². The molecular weight excluding hydrogens is 375 g/mol. The summed E-state index contributed by atoms with van der Waals surface area (Å²) in [5, 5.41) is 0.989. The molecule has 3 rings (SSSR count). The first-order chi connectivity index (χ1) is 12.5. The van der Waals surface area contributed by atoms with E-state index in [-0.39, 0.29) is 11.6 Å². The molecule has 2 heterocycles. The third-order valence-electron chi connectivity index (χ3n) is 4.22. The zero-order valence-electron chi connectivity index (χ0n) is 14.7. The van der Waals surface area contributed by atoms with Gasteiger partial charge in [0, 0.05) is 17.7 Å². The highest BCUT2D eigenvalue weighted by atomic mass is 35.5. The molecule has 0 radical (unpaired) electrons. The van der Waals surface area contributed by atoms with E-state index in [1.807, 2.05) is 6.92 Å². The van der Waals surface area contributed by atoms with Crippen molar-refractivity contribution in [1.82, 2.24) is 19.5 Å². The van der Waals surface area contributed by atoms with Crippen LogP contribution < -0.4 is 5.56 Å². The molecule has 2 aromatic heterocycles. The van der Waals surface area contributed by atoms with E-state index >= 15 is 0 Å². The van der Waals surface area contributed by atoms with Gasteiger partial charge in [0.2, 0.25) is 0 Å². The molecule has 0 bridgehead atoms. The highest BCUT2D eigenvalue weighted by Gasteiger charge is 2.20. The molecule has 136 valence electrons. The fraction of sp³-hybridized carbons (Fsp3) is 0.333. The minimum absolute atomic E-state index is 0.153. The Kier molecular flexibility index (Phi) is 5.55. The van der Waals surface area contributed by atoms with Crippen molar-refractivity contribution in [3.05, 3.63) is 50.6 Å². The van der Waals surface area contributed by atoms with Crippen LogP contribution in [-0.2, 0) is 4.74 Å². The zero-order chi connectivity index (χ0) is 18.8. The Morgan fingerprint density at radius 1 is 1.27 bits per heavy atom. The largest absolute Gasteiger partial charge is 0.383 e. The first-order valence-electron chi connectivity index (χ1n) is 8.16. The van der Waals surface area contributed by atoms with E-state index in [4.69, 9.17) is 27.9 Å². The van der Waals surface area contributed by atoms with Crippen LogP contribution in [0, 0.1) is 6.92 Å². The van der Waals surface area contributed by atoms with Crippen LogP contribution >= 0.6 is 23.2 Å². The standard InChI is InChI=1S/C18H18Cl2N4O2/c1-4-12(8-26-3)24-17-16(23-10(2)18(24)25)15(21-9-22-17)13-6-5-11(19)7-14(13)20/h5-7,9,12H,4,8H2,1-3H3/t12-/m1/s1. The predicted octanol–water partition coefficient (Wildman–Crippen LogP) is 4.07. The van der Waals surface area contributed by atoms with Crippen LogP contribution in [0.5, 0.6) is 0 Å². The van der Waals surface area contributed by atoms with Gasteiger partial charge in [0.25, 0.3) is 5.56 Å². The maximum Gasteiger partial charge on any atom is 0.273 e. The quantitative estimate of drug-likeness (QED) is 0.654. The molecule has 0 aliphatic carbocycles. The lowest BCUT2D eigenvalue weighted by Gasteiger charge is -2.20. The Balaban J connectivity index is 2.35. The van der Waals surface area contributed by atoms with Crippen molar-refractivity contribution < 1.29 is 4.74 Å². The molecule has 0 aliphatic rings. The second-order valence-electron chi connectivity index (χ2n) is 5.91. The van der Waals surface area contributed by atoms with Crippen LogP contribution in [0.2, 0.25) is 10.0 Å². The van der Waals surface area contributed by atoms with Crippen molar-refractivity contribution in [2.45, 2.75) is 26.3 Å². The van der Waals surface area contributed by atoms with Gasteiger partial charge in [0.15, 0.2) is 5.65 Å². The Hall–Kier alpha value is -2.02. The van der Waals surface area contributed by atoms with Gasteiger partial charge in [-0.3, -0.25) is 9.36 Å². The number of rotatable bonds is 5. The van der Waals surface area contributed by atoms with E-state index in [1.165, 1.54) is 6.33 Å². The molecule has 6 nitrogen and oxygen atoms in total. The summed E-state index contributed by atoms with van der Waals surface area (Å²) < 4.78 is 6.92. The predicted molar refractivity (Wildman–Crippen MR) is 103 cm³/mol. The van der Waals surface area contributed by atoms with E-state index in [2.05, 4.69) is 15.0 Å². The second-order valence-corrected chi connectivity index (χ2v) is 6.75. The fourth-order valence-electron chi connectivity index (χ4n) is 2.92. The summed E-state index contributed by atoms with van der Waals surface area (Å²) in [5.74, 6) is 0. The van der Waals surface area contributed by atoms with Crippen molar-refractivity contribution in [3.8, 4) is 11.3 Å². The molecule has 0 spiro atoms. The maximum absolute atomic E-state index is 12.8. The number of aryl methyl sites for hydroxylation is 1. The summed E-state index contributed by atoms with van der Waals surface area (Å²) in [6.07, 6.45) is 2.13. The van der Waals surface area contributed by atoms with Gasteiger partial charge in [-0.25, -0.2) is 15.0 Å². The van der Waals surface area contributed by atoms with Crippen molar-refractivity contribution in [2.75, 3.05) is 13.7 Å². The Bertz CT molecular complexity index is 1020. The highest BCUT2D eigenvalue weighted by molar-refractivity contribution is 6.36. The Morgan fingerprint density at radius 3 is 2.69 bits per heavy atom. The highest BCUT2D eigenvalue weighted by Crippen LogP contribution is 2.32. The lowest BCUT2D eigenvalue weighted by atomic mass is 10.1. The Morgan fingerprint density at radius 2 is 2.04 bits per heavy atom. The number of hydrogen-bond acceptors (Lipinski definition) is 5. The van der Waals surface area contributed by atoms with Gasteiger partial charge in [-0.05, 0) is 31.5 Å². The molecule has 0 saturated heterocycles. The van der Waals surface area contributed by atoms with Gasteiger partial charge >= 0.3 is 0 Å². The van der Waals surface area contributed by atoms with Crippen LogP contribution in [0.3, 0.4) is 0 Å². The van der Waals surface area contributed by atoms with E-state index in [0.717, 1.165) is 0 Å². The third kappa shape index (κ3) is 3.32. The minimum atomic E-state index is -0.187. The van der Waals surface area contributed by atoms with Gasteiger partial charge < -0.3 is 4.74 Å². The number of fused-ring (bicyclic) bond motifs is 1. The van der Waals surface area contributed by atoms with E-state index in [0.29, 0.717) is 51.2 Å². The molecule has 8 heteroatoms. The number of hydrogen-bond donors (Lipinski definition) is 0. The van der Waals surface area contributed by atoms with Gasteiger partial charge in [-0.2, -0.15) is 0 Å². The third-order valence-corrected chi connectivity index (χ3v) is 4.77. The molecular formula is C18H18Cl2N4O2. The van der Waals surface area contributed by atoms with E-state index in [9.17, 15) is 4.79 Å². The molecule has 3 aromatic rings. The number of nitrogens with zero attached hydrogens (tertiary/aromatic N) is 4. The number of halogens is 2. The van der Waals surface area contributed by atoms with Crippen molar-refractivity contribution >= 4 is 34.4 Å². The summed E-state index contributed by atoms with van der Waals surface area (Å²) in [7, 11) is 1.61. The first kappa shape index (κ1) is 18.8.